The van der Waals surface area contributed by atoms with E-state index in [1.54, 1.807) is 20.8 Å². The number of hydrogen-bond donors (Lipinski definition) is 2. The van der Waals surface area contributed by atoms with E-state index in [1.165, 1.54) is 0 Å². The van der Waals surface area contributed by atoms with Crippen molar-refractivity contribution < 1.29 is 24.3 Å². The van der Waals surface area contributed by atoms with Crippen LogP contribution in [-0.4, -0.2) is 39.9 Å². The Kier molecular flexibility index (Phi) is 2.10. The van der Waals surface area contributed by atoms with Crippen LogP contribution in [-0.2, 0) is 14.4 Å². The lowest BCUT2D eigenvalue weighted by molar-refractivity contribution is -0.183. The van der Waals surface area contributed by atoms with Crippen LogP contribution in [0.25, 0.3) is 0 Å². The van der Waals surface area contributed by atoms with Crippen molar-refractivity contribution in [3.05, 3.63) is 0 Å². The highest BCUT2D eigenvalue weighted by molar-refractivity contribution is 6.16. The molecule has 3 aliphatic rings. The summed E-state index contributed by atoms with van der Waals surface area (Å²) in [5, 5.41) is 11.8. The van der Waals surface area contributed by atoms with Crippen molar-refractivity contribution >= 4 is 23.8 Å². The Labute approximate surface area is 115 Å². The van der Waals surface area contributed by atoms with Gasteiger partial charge >= 0.3 is 12.0 Å². The van der Waals surface area contributed by atoms with Gasteiger partial charge in [-0.1, -0.05) is 20.8 Å². The molecule has 0 aromatic carbocycles. The predicted molar refractivity (Wildman–Crippen MR) is 65.4 cm³/mol. The number of nitrogens with zero attached hydrogens (tertiary/aromatic N) is 1. The minimum absolute atomic E-state index is 0.208. The third-order valence-electron chi connectivity index (χ3n) is 6.01. The summed E-state index contributed by atoms with van der Waals surface area (Å²) in [5.41, 5.74) is -3.29. The number of carboxylic acid groups (broad SMARTS) is 1. The standard InChI is InChI=1S/C13H16N2O5/c1-11(2)12(3)4-5-13(11,9(18)19)6-7(16)14-10(20)15(6)8(12)17/h6H,4-5H2,1-3H3,(H,18,19)(H,14,16,20)/t6-,12-,13+/m1/s1. The number of carboxylic acids is 1. The molecule has 0 aromatic heterocycles. The van der Waals surface area contributed by atoms with Gasteiger partial charge in [0, 0.05) is 0 Å². The van der Waals surface area contributed by atoms with Crippen LogP contribution in [0.15, 0.2) is 0 Å². The van der Waals surface area contributed by atoms with Crippen molar-refractivity contribution in [1.82, 2.24) is 10.2 Å². The third-order valence-corrected chi connectivity index (χ3v) is 6.01. The van der Waals surface area contributed by atoms with Gasteiger partial charge < -0.3 is 5.11 Å². The number of hydrogen-bond acceptors (Lipinski definition) is 4. The molecule has 20 heavy (non-hydrogen) atoms. The zero-order valence-electron chi connectivity index (χ0n) is 11.5. The molecule has 0 radical (unpaired) electrons. The molecule has 2 bridgehead atoms. The van der Waals surface area contributed by atoms with Crippen molar-refractivity contribution in [2.24, 2.45) is 16.2 Å². The van der Waals surface area contributed by atoms with Crippen molar-refractivity contribution in [1.29, 1.82) is 0 Å². The molecule has 2 saturated heterocycles. The fourth-order valence-electron chi connectivity index (χ4n) is 4.30. The first-order valence-electron chi connectivity index (χ1n) is 6.53. The molecule has 0 spiro atoms. The van der Waals surface area contributed by atoms with E-state index >= 15 is 0 Å². The van der Waals surface area contributed by atoms with Crippen molar-refractivity contribution in [2.45, 2.75) is 39.7 Å². The van der Waals surface area contributed by atoms with E-state index in [0.29, 0.717) is 6.42 Å². The molecule has 3 rings (SSSR count). The molecule has 108 valence electrons. The molecule has 3 atom stereocenters. The lowest BCUT2D eigenvalue weighted by Gasteiger charge is -2.53. The maximum atomic E-state index is 12.6. The van der Waals surface area contributed by atoms with Gasteiger partial charge in [-0.3, -0.25) is 19.7 Å². The lowest BCUT2D eigenvalue weighted by atomic mass is 9.53. The van der Waals surface area contributed by atoms with Gasteiger partial charge in [0.2, 0.25) is 5.91 Å². The average Bonchev–Trinajstić information content (AvgIpc) is 2.68. The monoisotopic (exact) mass is 280 g/mol. The Balaban J connectivity index is 2.32. The number of rotatable bonds is 1. The normalized spacial score (nSPS) is 41.6. The minimum Gasteiger partial charge on any atom is -0.481 e. The SMILES string of the molecule is CC1(C)[C@]2(C)CC[C@@]1(C(=O)O)[C@H]1C(=O)NC(=O)N1C2=O. The van der Waals surface area contributed by atoms with Crippen molar-refractivity contribution in [3.8, 4) is 0 Å². The second-order valence-electron chi connectivity index (χ2n) is 6.61. The number of nitrogens with one attached hydrogen (secondary N) is 1. The second kappa shape index (κ2) is 3.21. The maximum Gasteiger partial charge on any atom is 0.331 e. The zero-order valence-corrected chi connectivity index (χ0v) is 11.5. The topological polar surface area (TPSA) is 104 Å². The summed E-state index contributed by atoms with van der Waals surface area (Å²) >= 11 is 0. The highest BCUT2D eigenvalue weighted by atomic mass is 16.4. The van der Waals surface area contributed by atoms with E-state index in [0.717, 1.165) is 4.90 Å². The number of amides is 4. The van der Waals surface area contributed by atoms with Gasteiger partial charge in [0.15, 0.2) is 0 Å². The number of aliphatic carboxylic acids is 1. The van der Waals surface area contributed by atoms with Gasteiger partial charge in [-0.15, -0.1) is 0 Å². The first-order chi connectivity index (χ1) is 9.11. The van der Waals surface area contributed by atoms with Crippen LogP contribution < -0.4 is 5.32 Å². The van der Waals surface area contributed by atoms with E-state index in [4.69, 9.17) is 0 Å². The van der Waals surface area contributed by atoms with E-state index in [1.807, 2.05) is 0 Å². The highest BCUT2D eigenvalue weighted by Gasteiger charge is 2.78. The summed E-state index contributed by atoms with van der Waals surface area (Å²) < 4.78 is 0. The van der Waals surface area contributed by atoms with Gasteiger partial charge in [0.25, 0.3) is 5.91 Å². The number of piperidine rings is 1. The van der Waals surface area contributed by atoms with Gasteiger partial charge in [-0.05, 0) is 18.3 Å². The van der Waals surface area contributed by atoms with E-state index in [9.17, 15) is 24.3 Å². The molecule has 2 aliphatic heterocycles. The molecular formula is C13H16N2O5. The van der Waals surface area contributed by atoms with Crippen LogP contribution in [0.2, 0.25) is 0 Å². The number of carbonyl (C=O) groups excluding carboxylic acids is 3. The van der Waals surface area contributed by atoms with Gasteiger partial charge in [-0.2, -0.15) is 0 Å². The van der Waals surface area contributed by atoms with Crippen LogP contribution in [0.3, 0.4) is 0 Å². The molecular weight excluding hydrogens is 264 g/mol. The summed E-state index contributed by atoms with van der Waals surface area (Å²) in [5.74, 6) is -2.27. The molecule has 2 N–H and O–H groups in total. The fraction of sp³-hybridized carbons (Fsp3) is 0.692. The van der Waals surface area contributed by atoms with E-state index in [2.05, 4.69) is 5.32 Å². The van der Waals surface area contributed by atoms with Crippen molar-refractivity contribution in [3.63, 3.8) is 0 Å². The first kappa shape index (κ1) is 13.1. The quantitative estimate of drug-likeness (QED) is 0.674. The molecule has 3 fully saturated rings. The molecule has 4 amide bonds. The van der Waals surface area contributed by atoms with Crippen molar-refractivity contribution in [2.75, 3.05) is 0 Å². The first-order valence-corrected chi connectivity index (χ1v) is 6.53. The van der Waals surface area contributed by atoms with E-state index in [-0.39, 0.29) is 6.42 Å². The van der Waals surface area contributed by atoms with Crippen LogP contribution in [0.5, 0.6) is 0 Å². The smallest absolute Gasteiger partial charge is 0.331 e. The molecule has 1 aliphatic carbocycles. The van der Waals surface area contributed by atoms with Crippen LogP contribution in [0.4, 0.5) is 4.79 Å². The molecule has 7 heteroatoms. The Morgan fingerprint density at radius 2 is 1.85 bits per heavy atom. The van der Waals surface area contributed by atoms with Gasteiger partial charge in [0.05, 0.1) is 5.41 Å². The Morgan fingerprint density at radius 1 is 1.25 bits per heavy atom. The summed E-state index contributed by atoms with van der Waals surface area (Å²) in [4.78, 5) is 49.3. The number of urea groups is 1. The third kappa shape index (κ3) is 0.980. The largest absolute Gasteiger partial charge is 0.481 e. The van der Waals surface area contributed by atoms with Crippen LogP contribution in [0.1, 0.15) is 33.6 Å². The van der Waals surface area contributed by atoms with E-state index < -0.39 is 46.1 Å². The Hall–Kier alpha value is -1.92. The Bertz CT molecular complexity index is 583. The minimum atomic E-state index is -1.42. The van der Waals surface area contributed by atoms with Gasteiger partial charge in [0.1, 0.15) is 11.5 Å². The molecule has 1 saturated carbocycles. The molecule has 7 nitrogen and oxygen atoms in total. The Morgan fingerprint density at radius 3 is 2.40 bits per heavy atom. The number of carbonyl (C=O) groups is 4. The predicted octanol–water partition coefficient (Wildman–Crippen LogP) is 0.344. The summed E-state index contributed by atoms with van der Waals surface area (Å²) in [6.45, 7) is 5.10. The number of imide groups is 2. The molecule has 2 heterocycles. The summed E-state index contributed by atoms with van der Waals surface area (Å²) in [6, 6.07) is -2.05. The lowest BCUT2D eigenvalue weighted by Crippen LogP contribution is -2.68. The number of fused-ring (bicyclic) bond motifs is 4. The fourth-order valence-corrected chi connectivity index (χ4v) is 4.30. The van der Waals surface area contributed by atoms with Crippen LogP contribution >= 0.6 is 0 Å². The molecule has 0 aromatic rings. The second-order valence-corrected chi connectivity index (χ2v) is 6.61. The summed E-state index contributed by atoms with van der Waals surface area (Å²) in [6.07, 6.45) is 0.568. The zero-order chi connectivity index (χ0) is 15.1. The van der Waals surface area contributed by atoms with Gasteiger partial charge in [-0.25, -0.2) is 9.69 Å². The average molecular weight is 280 g/mol. The highest BCUT2D eigenvalue weighted by Crippen LogP contribution is 2.68. The maximum absolute atomic E-state index is 12.6. The summed E-state index contributed by atoms with van der Waals surface area (Å²) in [7, 11) is 0. The molecule has 0 unspecified atom stereocenters. The van der Waals surface area contributed by atoms with Crippen LogP contribution in [0, 0.1) is 16.2 Å².